The van der Waals surface area contributed by atoms with E-state index in [1.807, 2.05) is 6.07 Å². The number of carboxylic acid groups (broad SMARTS) is 1. The third-order valence-corrected chi connectivity index (χ3v) is 3.69. The maximum atomic E-state index is 10.3. The highest BCUT2D eigenvalue weighted by atomic mass is 16.4. The molecule has 4 nitrogen and oxygen atoms in total. The van der Waals surface area contributed by atoms with Crippen molar-refractivity contribution in [2.75, 3.05) is 0 Å². The highest BCUT2D eigenvalue weighted by molar-refractivity contribution is 5.66. The lowest BCUT2D eigenvalue weighted by atomic mass is 10.0. The van der Waals surface area contributed by atoms with Gasteiger partial charge in [-0.15, -0.1) is 0 Å². The second-order valence-electron chi connectivity index (χ2n) is 5.51. The molecule has 0 aliphatic rings. The van der Waals surface area contributed by atoms with Crippen molar-refractivity contribution in [1.29, 1.82) is 0 Å². The van der Waals surface area contributed by atoms with Gasteiger partial charge in [0.05, 0.1) is 0 Å². The van der Waals surface area contributed by atoms with Crippen molar-refractivity contribution in [3.8, 4) is 11.5 Å². The molecule has 21 heavy (non-hydrogen) atoms. The molecular weight excluding hydrogens is 268 g/mol. The quantitative estimate of drug-likeness (QED) is 0.421. The van der Waals surface area contributed by atoms with E-state index >= 15 is 0 Å². The van der Waals surface area contributed by atoms with Gasteiger partial charge in [-0.3, -0.25) is 4.79 Å². The summed E-state index contributed by atoms with van der Waals surface area (Å²) in [6, 6.07) is 5.09. The predicted octanol–water partition coefficient (Wildman–Crippen LogP) is 4.24. The van der Waals surface area contributed by atoms with Crippen LogP contribution < -0.4 is 0 Å². The van der Waals surface area contributed by atoms with Gasteiger partial charge in [0.15, 0.2) is 11.5 Å². The number of aromatic hydroxyl groups is 2. The Morgan fingerprint density at radius 1 is 0.857 bits per heavy atom. The van der Waals surface area contributed by atoms with Crippen molar-refractivity contribution >= 4 is 5.97 Å². The summed E-state index contributed by atoms with van der Waals surface area (Å²) in [4.78, 5) is 10.3. The highest BCUT2D eigenvalue weighted by Crippen LogP contribution is 2.29. The van der Waals surface area contributed by atoms with Crippen molar-refractivity contribution < 1.29 is 20.1 Å². The van der Waals surface area contributed by atoms with Gasteiger partial charge in [0.2, 0.25) is 0 Å². The first kappa shape index (κ1) is 17.3. The molecule has 0 heterocycles. The number of rotatable bonds is 11. The van der Waals surface area contributed by atoms with Gasteiger partial charge in [-0.2, -0.15) is 0 Å². The van der Waals surface area contributed by atoms with Gasteiger partial charge in [0.1, 0.15) is 0 Å². The molecule has 0 saturated heterocycles. The number of unbranched alkanes of at least 4 members (excludes halogenated alkanes) is 7. The zero-order valence-corrected chi connectivity index (χ0v) is 12.6. The number of hydrogen-bond donors (Lipinski definition) is 3. The molecule has 3 N–H and O–H groups in total. The molecule has 0 atom stereocenters. The van der Waals surface area contributed by atoms with Crippen LogP contribution in [0.15, 0.2) is 18.2 Å². The second kappa shape index (κ2) is 10.1. The first-order chi connectivity index (χ1) is 10.1. The van der Waals surface area contributed by atoms with Crippen molar-refractivity contribution in [3.05, 3.63) is 23.8 Å². The monoisotopic (exact) mass is 294 g/mol. The smallest absolute Gasteiger partial charge is 0.303 e. The molecule has 1 aromatic rings. The molecule has 1 aromatic carbocycles. The predicted molar refractivity (Wildman–Crippen MR) is 82.7 cm³/mol. The number of benzene rings is 1. The van der Waals surface area contributed by atoms with Gasteiger partial charge in [-0.25, -0.2) is 0 Å². The normalized spacial score (nSPS) is 10.7. The molecule has 1 rings (SSSR count). The maximum Gasteiger partial charge on any atom is 0.303 e. The Morgan fingerprint density at radius 2 is 1.43 bits per heavy atom. The number of carbonyl (C=O) groups is 1. The Morgan fingerprint density at radius 3 is 2.05 bits per heavy atom. The van der Waals surface area contributed by atoms with E-state index in [9.17, 15) is 15.0 Å². The van der Waals surface area contributed by atoms with Crippen molar-refractivity contribution in [3.63, 3.8) is 0 Å². The molecule has 4 heteroatoms. The number of para-hydroxylation sites is 1. The molecule has 0 bridgehead atoms. The lowest BCUT2D eigenvalue weighted by Gasteiger charge is -2.06. The summed E-state index contributed by atoms with van der Waals surface area (Å²) < 4.78 is 0. The Balaban J connectivity index is 1.97. The van der Waals surface area contributed by atoms with E-state index in [0.717, 1.165) is 50.5 Å². The molecule has 0 spiro atoms. The van der Waals surface area contributed by atoms with Gasteiger partial charge in [0.25, 0.3) is 0 Å². The SMILES string of the molecule is O=C(O)CCCCCCCCCCc1cccc(O)c1O. The molecule has 0 aliphatic heterocycles. The standard InChI is InChI=1S/C17H26O4/c18-15-12-9-11-14(17(15)21)10-7-5-3-1-2-4-6-8-13-16(19)20/h9,11-12,18,21H,1-8,10,13H2,(H,19,20). The number of phenols is 2. The summed E-state index contributed by atoms with van der Waals surface area (Å²) >= 11 is 0. The molecule has 0 aliphatic carbocycles. The lowest BCUT2D eigenvalue weighted by molar-refractivity contribution is -0.137. The molecule has 0 unspecified atom stereocenters. The fraction of sp³-hybridized carbons (Fsp3) is 0.588. The third-order valence-electron chi connectivity index (χ3n) is 3.69. The Labute approximate surface area is 126 Å². The molecular formula is C17H26O4. The van der Waals surface area contributed by atoms with E-state index in [0.29, 0.717) is 0 Å². The van der Waals surface area contributed by atoms with Crippen LogP contribution in [0.2, 0.25) is 0 Å². The summed E-state index contributed by atoms with van der Waals surface area (Å²) in [6.45, 7) is 0. The van der Waals surface area contributed by atoms with Gasteiger partial charge in [-0.1, -0.05) is 50.7 Å². The number of aryl methyl sites for hydroxylation is 1. The summed E-state index contributed by atoms with van der Waals surface area (Å²) in [5, 5.41) is 27.6. The number of aliphatic carboxylic acids is 1. The number of phenolic OH excluding ortho intramolecular Hbond substituents is 2. The average Bonchev–Trinajstić information content (AvgIpc) is 2.45. The topological polar surface area (TPSA) is 77.8 Å². The van der Waals surface area contributed by atoms with E-state index in [1.54, 1.807) is 6.07 Å². The van der Waals surface area contributed by atoms with Crippen LogP contribution in [0.1, 0.15) is 63.4 Å². The number of hydrogen-bond acceptors (Lipinski definition) is 3. The second-order valence-corrected chi connectivity index (χ2v) is 5.51. The lowest BCUT2D eigenvalue weighted by Crippen LogP contribution is -1.93. The van der Waals surface area contributed by atoms with Crippen molar-refractivity contribution in [2.45, 2.75) is 64.2 Å². The zero-order valence-electron chi connectivity index (χ0n) is 12.6. The van der Waals surface area contributed by atoms with Crippen LogP contribution in [0.25, 0.3) is 0 Å². The molecule has 0 fully saturated rings. The zero-order chi connectivity index (χ0) is 15.5. The van der Waals surface area contributed by atoms with Gasteiger partial charge >= 0.3 is 5.97 Å². The van der Waals surface area contributed by atoms with Crippen molar-refractivity contribution in [1.82, 2.24) is 0 Å². The minimum absolute atomic E-state index is 0.0101. The van der Waals surface area contributed by atoms with Crippen LogP contribution in [-0.2, 0) is 11.2 Å². The van der Waals surface area contributed by atoms with Crippen LogP contribution in [-0.4, -0.2) is 21.3 Å². The molecule has 0 amide bonds. The minimum atomic E-state index is -0.704. The molecule has 0 aromatic heterocycles. The van der Waals surface area contributed by atoms with Crippen LogP contribution in [0, 0.1) is 0 Å². The Bertz CT molecular complexity index is 429. The van der Waals surface area contributed by atoms with E-state index in [2.05, 4.69) is 0 Å². The van der Waals surface area contributed by atoms with E-state index < -0.39 is 5.97 Å². The fourth-order valence-electron chi connectivity index (χ4n) is 2.43. The summed E-state index contributed by atoms with van der Waals surface area (Å²) in [5.41, 5.74) is 0.809. The first-order valence-electron chi connectivity index (χ1n) is 7.83. The molecule has 0 radical (unpaired) electrons. The van der Waals surface area contributed by atoms with E-state index in [1.165, 1.54) is 18.9 Å². The first-order valence-corrected chi connectivity index (χ1v) is 7.83. The van der Waals surface area contributed by atoms with Gasteiger partial charge in [-0.05, 0) is 30.9 Å². The van der Waals surface area contributed by atoms with Crippen LogP contribution in [0.4, 0.5) is 0 Å². The molecule has 0 saturated carbocycles. The summed E-state index contributed by atoms with van der Waals surface area (Å²) in [5.74, 6) is -0.741. The van der Waals surface area contributed by atoms with Crippen LogP contribution in [0.5, 0.6) is 11.5 Å². The number of carboxylic acids is 1. The minimum Gasteiger partial charge on any atom is -0.504 e. The highest BCUT2D eigenvalue weighted by Gasteiger charge is 2.04. The average molecular weight is 294 g/mol. The maximum absolute atomic E-state index is 10.3. The van der Waals surface area contributed by atoms with Crippen LogP contribution in [0.3, 0.4) is 0 Å². The largest absolute Gasteiger partial charge is 0.504 e. The van der Waals surface area contributed by atoms with Crippen LogP contribution >= 0.6 is 0 Å². The summed E-state index contributed by atoms with van der Waals surface area (Å²) in [6.07, 6.45) is 9.61. The van der Waals surface area contributed by atoms with Gasteiger partial charge in [0, 0.05) is 6.42 Å². The van der Waals surface area contributed by atoms with Crippen molar-refractivity contribution in [2.24, 2.45) is 0 Å². The summed E-state index contributed by atoms with van der Waals surface area (Å²) in [7, 11) is 0. The van der Waals surface area contributed by atoms with Gasteiger partial charge < -0.3 is 15.3 Å². The molecule has 118 valence electrons. The Kier molecular flexibility index (Phi) is 8.32. The Hall–Kier alpha value is -1.71. The fourth-order valence-corrected chi connectivity index (χ4v) is 2.43. The third kappa shape index (κ3) is 7.59. The van der Waals surface area contributed by atoms with E-state index in [4.69, 9.17) is 5.11 Å². The van der Waals surface area contributed by atoms with E-state index in [-0.39, 0.29) is 17.9 Å².